The minimum atomic E-state index is -1.36. The van der Waals surface area contributed by atoms with Crippen molar-refractivity contribution >= 4 is 41.0 Å². The summed E-state index contributed by atoms with van der Waals surface area (Å²) in [6.45, 7) is 4.57. The third kappa shape index (κ3) is 5.20. The van der Waals surface area contributed by atoms with Crippen LogP contribution >= 0.6 is 35.1 Å². The molecule has 2 fully saturated rings. The first-order chi connectivity index (χ1) is 12.3. The predicted molar refractivity (Wildman–Crippen MR) is 106 cm³/mol. The number of thioether (sulfide) groups is 2. The Kier molecular flexibility index (Phi) is 8.81. The van der Waals surface area contributed by atoms with E-state index in [1.54, 1.807) is 13.2 Å². The van der Waals surface area contributed by atoms with Crippen LogP contribution in [0.25, 0.3) is 0 Å². The van der Waals surface area contributed by atoms with Gasteiger partial charge in [-0.1, -0.05) is 6.92 Å². The van der Waals surface area contributed by atoms with Gasteiger partial charge in [0.15, 0.2) is 0 Å². The first-order valence-electron chi connectivity index (χ1n) is 8.82. The van der Waals surface area contributed by atoms with Crippen LogP contribution in [0, 0.1) is 0 Å². The van der Waals surface area contributed by atoms with Crippen molar-refractivity contribution in [2.24, 2.45) is 0 Å². The van der Waals surface area contributed by atoms with Crippen molar-refractivity contribution in [3.63, 3.8) is 0 Å². The average molecular weight is 429 g/mol. The molecule has 152 valence electrons. The average Bonchev–Trinajstić information content (AvgIpc) is 3.07. The highest BCUT2D eigenvalue weighted by molar-refractivity contribution is 7.99. The van der Waals surface area contributed by atoms with E-state index in [0.29, 0.717) is 5.25 Å². The Morgan fingerprint density at radius 3 is 2.62 bits per heavy atom. The molecule has 0 aromatic carbocycles. The van der Waals surface area contributed by atoms with Crippen molar-refractivity contribution in [1.82, 2.24) is 10.6 Å². The summed E-state index contributed by atoms with van der Waals surface area (Å²) in [6, 6.07) is -1.01. The predicted octanol–water partition coefficient (Wildman–Crippen LogP) is -0.247. The molecule has 2 aliphatic rings. The zero-order chi connectivity index (χ0) is 19.4. The molecular weight excluding hydrogens is 400 g/mol. The number of rotatable bonds is 7. The first kappa shape index (κ1) is 22.5. The fraction of sp³-hybridized carbons (Fsp3) is 0.938. The van der Waals surface area contributed by atoms with E-state index < -0.39 is 41.3 Å². The maximum absolute atomic E-state index is 12.7. The zero-order valence-corrected chi connectivity index (χ0v) is 17.6. The van der Waals surface area contributed by atoms with Gasteiger partial charge in [-0.3, -0.25) is 4.79 Å². The fourth-order valence-corrected chi connectivity index (χ4v) is 5.25. The van der Waals surface area contributed by atoms with E-state index in [1.807, 2.05) is 11.8 Å². The van der Waals surface area contributed by atoms with Gasteiger partial charge in [0.25, 0.3) is 0 Å². The number of nitrogens with one attached hydrogen (secondary N) is 2. The van der Waals surface area contributed by atoms with Crippen LogP contribution < -0.4 is 10.6 Å². The molecule has 2 saturated heterocycles. The molecule has 0 aromatic rings. The van der Waals surface area contributed by atoms with E-state index in [1.165, 1.54) is 11.8 Å². The van der Waals surface area contributed by atoms with Gasteiger partial charge in [-0.25, -0.2) is 0 Å². The lowest BCUT2D eigenvalue weighted by Crippen LogP contribution is -2.65. The molecule has 26 heavy (non-hydrogen) atoms. The van der Waals surface area contributed by atoms with E-state index in [-0.39, 0.29) is 11.9 Å². The molecule has 9 atom stereocenters. The summed E-state index contributed by atoms with van der Waals surface area (Å²) in [5, 5.41) is 36.4. The SMILES string of the molecule is CCS[C@H]1CN[C@H](C(=O)N[C@@H]([C@H]2O[C@H](SC)[C@H](O)[C@@H](O)[C@H]2O)[C@H](C)Cl)C1. The van der Waals surface area contributed by atoms with Crippen molar-refractivity contribution < 1.29 is 24.9 Å². The molecule has 0 spiro atoms. The van der Waals surface area contributed by atoms with E-state index in [9.17, 15) is 20.1 Å². The summed E-state index contributed by atoms with van der Waals surface area (Å²) < 4.78 is 5.76. The molecule has 0 unspecified atom stereocenters. The number of ether oxygens (including phenoxy) is 1. The number of aliphatic hydroxyl groups excluding tert-OH is 3. The molecule has 1 amide bonds. The summed E-state index contributed by atoms with van der Waals surface area (Å²) in [6.07, 6.45) is -2.36. The Labute approximate surface area is 168 Å². The van der Waals surface area contributed by atoms with Crippen molar-refractivity contribution in [1.29, 1.82) is 0 Å². The quantitative estimate of drug-likeness (QED) is 0.353. The topological polar surface area (TPSA) is 111 Å². The number of hydrogen-bond donors (Lipinski definition) is 5. The Bertz CT molecular complexity index is 474. The lowest BCUT2D eigenvalue weighted by atomic mass is 9.93. The van der Waals surface area contributed by atoms with Gasteiger partial charge in [0.1, 0.15) is 29.9 Å². The molecule has 5 N–H and O–H groups in total. The number of hydrogen-bond acceptors (Lipinski definition) is 8. The lowest BCUT2D eigenvalue weighted by molar-refractivity contribution is -0.205. The van der Waals surface area contributed by atoms with Crippen LogP contribution in [0.1, 0.15) is 20.3 Å². The molecule has 2 aliphatic heterocycles. The van der Waals surface area contributed by atoms with Gasteiger partial charge >= 0.3 is 0 Å². The van der Waals surface area contributed by atoms with Gasteiger partial charge in [0.2, 0.25) is 5.91 Å². The molecule has 2 heterocycles. The van der Waals surface area contributed by atoms with E-state index in [2.05, 4.69) is 17.6 Å². The van der Waals surface area contributed by atoms with Crippen LogP contribution in [0.2, 0.25) is 0 Å². The van der Waals surface area contributed by atoms with E-state index in [0.717, 1.165) is 18.7 Å². The molecule has 0 saturated carbocycles. The maximum Gasteiger partial charge on any atom is 0.237 e. The fourth-order valence-electron chi connectivity index (χ4n) is 3.35. The van der Waals surface area contributed by atoms with Gasteiger partial charge in [-0.05, 0) is 25.4 Å². The molecule has 2 rings (SSSR count). The smallest absolute Gasteiger partial charge is 0.237 e. The van der Waals surface area contributed by atoms with Crippen molar-refractivity contribution in [2.45, 2.75) is 72.8 Å². The molecule has 0 aliphatic carbocycles. The van der Waals surface area contributed by atoms with Crippen LogP contribution in [-0.4, -0.2) is 92.3 Å². The zero-order valence-electron chi connectivity index (χ0n) is 15.2. The number of carbonyl (C=O) groups excluding carboxylic acids is 1. The summed E-state index contributed by atoms with van der Waals surface area (Å²) in [7, 11) is 0. The summed E-state index contributed by atoms with van der Waals surface area (Å²) in [5.74, 6) is 0.805. The third-order valence-electron chi connectivity index (χ3n) is 4.81. The van der Waals surface area contributed by atoms with Gasteiger partial charge in [-0.15, -0.1) is 23.4 Å². The van der Waals surface area contributed by atoms with Crippen molar-refractivity contribution in [3.05, 3.63) is 0 Å². The van der Waals surface area contributed by atoms with Gasteiger partial charge in [-0.2, -0.15) is 11.8 Å². The Morgan fingerprint density at radius 1 is 1.35 bits per heavy atom. The Morgan fingerprint density at radius 2 is 2.04 bits per heavy atom. The number of halogens is 1. The van der Waals surface area contributed by atoms with Crippen LogP contribution in [0.3, 0.4) is 0 Å². The molecular formula is C16H29ClN2O5S2. The standard InChI is InChI=1S/C16H29ClN2O5S2/c1-4-26-8-5-9(18-6-8)15(23)19-10(7(2)17)14-12(21)11(20)13(22)16(24-14)25-3/h7-14,16,18,20-22H,4-6H2,1-3H3,(H,19,23)/t7-,8+,9-,10+,11-,12+,13+,14+,16+/m0/s1. The van der Waals surface area contributed by atoms with E-state index >= 15 is 0 Å². The highest BCUT2D eigenvalue weighted by atomic mass is 35.5. The second-order valence-corrected chi connectivity index (χ2v) is 9.86. The Balaban J connectivity index is 2.05. The maximum atomic E-state index is 12.7. The van der Waals surface area contributed by atoms with Crippen LogP contribution in [0.15, 0.2) is 0 Å². The summed E-state index contributed by atoms with van der Waals surface area (Å²) in [4.78, 5) is 12.7. The van der Waals surface area contributed by atoms with Crippen molar-refractivity contribution in [3.8, 4) is 0 Å². The minimum Gasteiger partial charge on any atom is -0.388 e. The van der Waals surface area contributed by atoms with Crippen LogP contribution in [0.5, 0.6) is 0 Å². The highest BCUT2D eigenvalue weighted by Gasteiger charge is 2.48. The first-order valence-corrected chi connectivity index (χ1v) is 11.6. The molecule has 10 heteroatoms. The molecule has 0 bridgehead atoms. The van der Waals surface area contributed by atoms with Gasteiger partial charge in [0.05, 0.1) is 17.5 Å². The largest absolute Gasteiger partial charge is 0.388 e. The monoisotopic (exact) mass is 428 g/mol. The highest BCUT2D eigenvalue weighted by Crippen LogP contribution is 2.30. The second-order valence-electron chi connectivity index (χ2n) is 6.66. The summed E-state index contributed by atoms with van der Waals surface area (Å²) in [5.41, 5.74) is -0.705. The van der Waals surface area contributed by atoms with Gasteiger partial charge < -0.3 is 30.7 Å². The minimum absolute atomic E-state index is 0.196. The number of carbonyl (C=O) groups is 1. The summed E-state index contributed by atoms with van der Waals surface area (Å²) >= 11 is 9.31. The van der Waals surface area contributed by atoms with Gasteiger partial charge in [0, 0.05) is 11.8 Å². The lowest BCUT2D eigenvalue weighted by Gasteiger charge is -2.44. The van der Waals surface area contributed by atoms with E-state index in [4.69, 9.17) is 16.3 Å². The van der Waals surface area contributed by atoms with Crippen LogP contribution in [-0.2, 0) is 9.53 Å². The van der Waals surface area contributed by atoms with Crippen LogP contribution in [0.4, 0.5) is 0 Å². The molecule has 7 nitrogen and oxygen atoms in total. The number of aliphatic hydroxyl groups is 3. The number of amides is 1. The Hall–Kier alpha value is 0.260. The second kappa shape index (κ2) is 10.2. The normalized spacial score (nSPS) is 40.2. The molecule has 0 radical (unpaired) electrons. The molecule has 0 aromatic heterocycles. The van der Waals surface area contributed by atoms with Crippen molar-refractivity contribution in [2.75, 3.05) is 18.6 Å². The number of alkyl halides is 1. The third-order valence-corrected chi connectivity index (χ3v) is 7.10.